The lowest BCUT2D eigenvalue weighted by molar-refractivity contribution is 0.412. The Morgan fingerprint density at radius 1 is 1.07 bits per heavy atom. The average Bonchev–Trinajstić information content (AvgIpc) is 3.25. The number of imidazole rings is 1. The van der Waals surface area contributed by atoms with E-state index in [-0.39, 0.29) is 0 Å². The Hall–Kier alpha value is -3.14. The predicted octanol–water partition coefficient (Wildman–Crippen LogP) is 1.71. The normalized spacial score (nSPS) is 11.3. The van der Waals surface area contributed by atoms with Gasteiger partial charge in [0.1, 0.15) is 5.82 Å². The molecule has 0 fully saturated rings. The highest BCUT2D eigenvalue weighted by molar-refractivity contribution is 7.98. The summed E-state index contributed by atoms with van der Waals surface area (Å²) in [7, 11) is 0. The zero-order valence-electron chi connectivity index (χ0n) is 14.4. The number of para-hydroxylation sites is 2. The lowest BCUT2D eigenvalue weighted by Gasteiger charge is -2.01. The van der Waals surface area contributed by atoms with Crippen molar-refractivity contribution in [2.24, 2.45) is 0 Å². The molecule has 0 atom stereocenters. The van der Waals surface area contributed by atoms with Crippen molar-refractivity contribution in [1.29, 1.82) is 0 Å². The highest BCUT2D eigenvalue weighted by atomic mass is 32.2. The summed E-state index contributed by atoms with van der Waals surface area (Å²) in [5.41, 5.74) is 2.05. The van der Waals surface area contributed by atoms with Crippen LogP contribution in [-0.2, 0) is 18.6 Å². The molecule has 10 heteroatoms. The molecule has 0 bridgehead atoms. The van der Waals surface area contributed by atoms with Crippen LogP contribution in [0.25, 0.3) is 11.0 Å². The number of hydrogen-bond donors (Lipinski definition) is 3. The van der Waals surface area contributed by atoms with Crippen LogP contribution in [0.1, 0.15) is 23.0 Å². The average molecular weight is 384 g/mol. The van der Waals surface area contributed by atoms with Crippen LogP contribution in [0.4, 0.5) is 0 Å². The van der Waals surface area contributed by atoms with Crippen molar-refractivity contribution >= 4 is 22.8 Å². The number of H-pyrrole nitrogens is 3. The van der Waals surface area contributed by atoms with Crippen molar-refractivity contribution in [3.05, 3.63) is 68.1 Å². The van der Waals surface area contributed by atoms with E-state index in [0.29, 0.717) is 41.0 Å². The lowest BCUT2D eigenvalue weighted by Crippen LogP contribution is -2.27. The van der Waals surface area contributed by atoms with Gasteiger partial charge >= 0.3 is 5.69 Å². The molecule has 0 radical (unpaired) electrons. The summed E-state index contributed by atoms with van der Waals surface area (Å²) in [6.07, 6.45) is 0.808. The number of thioether (sulfide) groups is 1. The Balaban J connectivity index is 1.38. The van der Waals surface area contributed by atoms with Gasteiger partial charge in [-0.2, -0.15) is 0 Å². The fourth-order valence-corrected chi connectivity index (χ4v) is 3.41. The Kier molecular flexibility index (Phi) is 4.63. The third-order valence-electron chi connectivity index (χ3n) is 4.06. The maximum absolute atomic E-state index is 11.9. The third-order valence-corrected chi connectivity index (χ3v) is 4.89. The maximum Gasteiger partial charge on any atom is 0.325 e. The SMILES string of the molecule is Cc1[nH]c(=O)[nH]c(=O)c1CCc1nnc(SCc2nc3ccccc3[nH]2)o1. The summed E-state index contributed by atoms with van der Waals surface area (Å²) < 4.78 is 5.62. The summed E-state index contributed by atoms with van der Waals surface area (Å²) in [5.74, 6) is 1.85. The summed E-state index contributed by atoms with van der Waals surface area (Å²) in [4.78, 5) is 35.6. The minimum Gasteiger partial charge on any atom is -0.416 e. The second-order valence-electron chi connectivity index (χ2n) is 5.96. The molecule has 0 saturated carbocycles. The number of aromatic nitrogens is 6. The quantitative estimate of drug-likeness (QED) is 0.431. The molecule has 9 nitrogen and oxygen atoms in total. The fourth-order valence-electron chi connectivity index (χ4n) is 2.76. The Morgan fingerprint density at radius 2 is 1.93 bits per heavy atom. The van der Waals surface area contributed by atoms with Gasteiger partial charge in [-0.3, -0.25) is 9.78 Å². The first-order valence-electron chi connectivity index (χ1n) is 8.29. The van der Waals surface area contributed by atoms with Crippen molar-refractivity contribution in [3.8, 4) is 0 Å². The van der Waals surface area contributed by atoms with Gasteiger partial charge in [0.05, 0.1) is 16.8 Å². The van der Waals surface area contributed by atoms with Gasteiger partial charge in [0.15, 0.2) is 0 Å². The van der Waals surface area contributed by atoms with Gasteiger partial charge in [0, 0.05) is 17.7 Å². The molecular formula is C17H16N6O3S. The van der Waals surface area contributed by atoms with E-state index in [9.17, 15) is 9.59 Å². The van der Waals surface area contributed by atoms with Crippen LogP contribution >= 0.6 is 11.8 Å². The molecule has 0 amide bonds. The first-order chi connectivity index (χ1) is 13.1. The van der Waals surface area contributed by atoms with Crippen molar-refractivity contribution in [2.75, 3.05) is 0 Å². The molecule has 3 N–H and O–H groups in total. The molecule has 0 spiro atoms. The van der Waals surface area contributed by atoms with Crippen LogP contribution in [0.3, 0.4) is 0 Å². The van der Waals surface area contributed by atoms with E-state index in [2.05, 4.69) is 30.1 Å². The Labute approximate surface area is 156 Å². The number of benzene rings is 1. The van der Waals surface area contributed by atoms with E-state index in [1.54, 1.807) is 6.92 Å². The summed E-state index contributed by atoms with van der Waals surface area (Å²) >= 11 is 1.39. The molecule has 3 aromatic heterocycles. The maximum atomic E-state index is 11.9. The van der Waals surface area contributed by atoms with E-state index in [1.807, 2.05) is 24.3 Å². The van der Waals surface area contributed by atoms with E-state index in [4.69, 9.17) is 4.42 Å². The number of hydrogen-bond acceptors (Lipinski definition) is 7. The van der Waals surface area contributed by atoms with Gasteiger partial charge in [-0.25, -0.2) is 9.78 Å². The van der Waals surface area contributed by atoms with Gasteiger partial charge < -0.3 is 14.4 Å². The highest BCUT2D eigenvalue weighted by Gasteiger charge is 2.12. The summed E-state index contributed by atoms with van der Waals surface area (Å²) in [6, 6.07) is 7.82. The molecule has 4 rings (SSSR count). The molecule has 27 heavy (non-hydrogen) atoms. The van der Waals surface area contributed by atoms with Crippen molar-refractivity contribution in [2.45, 2.75) is 30.7 Å². The number of fused-ring (bicyclic) bond motifs is 1. The monoisotopic (exact) mass is 384 g/mol. The number of rotatable bonds is 6. The molecule has 0 unspecified atom stereocenters. The second-order valence-corrected chi connectivity index (χ2v) is 6.89. The van der Waals surface area contributed by atoms with E-state index >= 15 is 0 Å². The number of nitrogens with zero attached hydrogens (tertiary/aromatic N) is 3. The number of aryl methyl sites for hydroxylation is 2. The van der Waals surface area contributed by atoms with Crippen LogP contribution in [0, 0.1) is 6.92 Å². The molecule has 0 aliphatic rings. The highest BCUT2D eigenvalue weighted by Crippen LogP contribution is 2.22. The van der Waals surface area contributed by atoms with Crippen molar-refractivity contribution < 1.29 is 4.42 Å². The third kappa shape index (κ3) is 3.85. The van der Waals surface area contributed by atoms with Crippen molar-refractivity contribution in [1.82, 2.24) is 30.1 Å². The van der Waals surface area contributed by atoms with Crippen LogP contribution in [0.2, 0.25) is 0 Å². The Bertz CT molecular complexity index is 1170. The second kappa shape index (κ2) is 7.23. The standard InChI is InChI=1S/C17H16N6O3S/c1-9-10(15(24)21-16(25)18-9)6-7-14-22-23-17(26-14)27-8-13-19-11-4-2-3-5-12(11)20-13/h2-5H,6-8H2,1H3,(H,19,20)(H2,18,21,24,25). The zero-order valence-corrected chi connectivity index (χ0v) is 15.2. The van der Waals surface area contributed by atoms with E-state index in [1.165, 1.54) is 11.8 Å². The van der Waals surface area contributed by atoms with Gasteiger partial charge in [-0.05, 0) is 25.5 Å². The van der Waals surface area contributed by atoms with E-state index < -0.39 is 11.2 Å². The lowest BCUT2D eigenvalue weighted by atomic mass is 10.1. The van der Waals surface area contributed by atoms with Gasteiger partial charge in [0.2, 0.25) is 5.89 Å². The van der Waals surface area contributed by atoms with Crippen molar-refractivity contribution in [3.63, 3.8) is 0 Å². The van der Waals surface area contributed by atoms with Crippen LogP contribution in [-0.4, -0.2) is 30.1 Å². The predicted molar refractivity (Wildman–Crippen MR) is 99.8 cm³/mol. The van der Waals surface area contributed by atoms with Gasteiger partial charge in [-0.1, -0.05) is 23.9 Å². The fraction of sp³-hybridized carbons (Fsp3) is 0.235. The largest absolute Gasteiger partial charge is 0.416 e. The molecule has 0 saturated heterocycles. The molecule has 3 heterocycles. The number of nitrogens with one attached hydrogen (secondary N) is 3. The van der Waals surface area contributed by atoms with Crippen LogP contribution in [0.15, 0.2) is 43.5 Å². The Morgan fingerprint density at radius 3 is 2.74 bits per heavy atom. The molecule has 0 aliphatic carbocycles. The van der Waals surface area contributed by atoms with Gasteiger partial charge in [0.25, 0.3) is 10.8 Å². The number of aromatic amines is 3. The van der Waals surface area contributed by atoms with Crippen LogP contribution in [0.5, 0.6) is 0 Å². The first-order valence-corrected chi connectivity index (χ1v) is 9.28. The minimum absolute atomic E-state index is 0.393. The minimum atomic E-state index is -0.511. The summed E-state index contributed by atoms with van der Waals surface area (Å²) in [6.45, 7) is 1.69. The molecule has 138 valence electrons. The molecule has 0 aliphatic heterocycles. The van der Waals surface area contributed by atoms with Gasteiger partial charge in [-0.15, -0.1) is 10.2 Å². The molecule has 1 aromatic carbocycles. The molecular weight excluding hydrogens is 368 g/mol. The van der Waals surface area contributed by atoms with E-state index in [0.717, 1.165) is 16.9 Å². The van der Waals surface area contributed by atoms with Crippen LogP contribution < -0.4 is 11.2 Å². The molecule has 4 aromatic rings. The smallest absolute Gasteiger partial charge is 0.325 e. The first kappa shape index (κ1) is 17.3. The summed E-state index contributed by atoms with van der Waals surface area (Å²) in [5, 5.41) is 8.47. The topological polar surface area (TPSA) is 133 Å². The zero-order chi connectivity index (χ0) is 18.8.